The van der Waals surface area contributed by atoms with Crippen LogP contribution in [0.1, 0.15) is 61.1 Å². The number of benzene rings is 1. The molecule has 2 aliphatic heterocycles. The van der Waals surface area contributed by atoms with Crippen molar-refractivity contribution in [1.29, 1.82) is 0 Å². The minimum atomic E-state index is -4.41. The first kappa shape index (κ1) is 27.7. The average Bonchev–Trinajstić information content (AvgIpc) is 3.46. The predicted molar refractivity (Wildman–Crippen MR) is 141 cm³/mol. The van der Waals surface area contributed by atoms with Crippen molar-refractivity contribution < 1.29 is 27.9 Å². The molecule has 0 radical (unpaired) electrons. The minimum absolute atomic E-state index is 0.133. The maximum atomic E-state index is 13.6. The molecule has 1 aromatic heterocycles. The minimum Gasteiger partial charge on any atom is -0.476 e. The highest BCUT2D eigenvalue weighted by Gasteiger charge is 2.38. The Kier molecular flexibility index (Phi) is 7.80. The first-order valence-electron chi connectivity index (χ1n) is 12.2. The molecule has 1 aromatic carbocycles. The number of aromatic carboxylic acids is 1. The topological polar surface area (TPSA) is 81.9 Å². The van der Waals surface area contributed by atoms with Gasteiger partial charge in [0.25, 0.3) is 0 Å². The molecule has 0 spiro atoms. The maximum absolute atomic E-state index is 13.6. The molecule has 0 bridgehead atoms. The maximum Gasteiger partial charge on any atom is 0.416 e. The molecule has 2 atom stereocenters. The molecule has 202 valence electrons. The van der Waals surface area contributed by atoms with Crippen LogP contribution >= 0.6 is 22.6 Å². The Balaban J connectivity index is 1.49. The molecule has 4 rings (SSSR count). The molecule has 2 aliphatic rings. The number of halogens is 4. The second-order valence-electron chi connectivity index (χ2n) is 10.2. The third kappa shape index (κ3) is 5.74. The molecular weight excluding hydrogens is 602 g/mol. The Morgan fingerprint density at radius 3 is 2.43 bits per heavy atom. The van der Waals surface area contributed by atoms with E-state index in [9.17, 15) is 22.8 Å². The summed E-state index contributed by atoms with van der Waals surface area (Å²) in [5.74, 6) is -1.20. The summed E-state index contributed by atoms with van der Waals surface area (Å²) in [6.07, 6.45) is 0.121. The van der Waals surface area contributed by atoms with Crippen molar-refractivity contribution in [2.24, 2.45) is 0 Å². The van der Waals surface area contributed by atoms with E-state index in [0.717, 1.165) is 29.2 Å². The molecular formula is C25H31F3IN5O3. The van der Waals surface area contributed by atoms with E-state index < -0.39 is 17.7 Å². The monoisotopic (exact) mass is 633 g/mol. The van der Waals surface area contributed by atoms with E-state index in [0.29, 0.717) is 38.2 Å². The van der Waals surface area contributed by atoms with Crippen LogP contribution in [0.15, 0.2) is 30.5 Å². The highest BCUT2D eigenvalue weighted by molar-refractivity contribution is 14.1. The van der Waals surface area contributed by atoms with E-state index in [2.05, 4.69) is 51.3 Å². The Morgan fingerprint density at radius 2 is 1.89 bits per heavy atom. The molecule has 2 saturated heterocycles. The van der Waals surface area contributed by atoms with Gasteiger partial charge in [-0.3, -0.25) is 4.90 Å². The summed E-state index contributed by atoms with van der Waals surface area (Å²) in [5.41, 5.74) is 0.384. The Hall–Kier alpha value is -2.35. The zero-order chi connectivity index (χ0) is 27.1. The molecule has 1 amide bonds. The Labute approximate surface area is 227 Å². The second kappa shape index (κ2) is 10.4. The van der Waals surface area contributed by atoms with Crippen LogP contribution in [0.25, 0.3) is 0 Å². The Morgan fingerprint density at radius 1 is 1.22 bits per heavy atom. The zero-order valence-corrected chi connectivity index (χ0v) is 23.2. The van der Waals surface area contributed by atoms with Crippen molar-refractivity contribution in [3.8, 4) is 0 Å². The fourth-order valence-electron chi connectivity index (χ4n) is 5.13. The quantitative estimate of drug-likeness (QED) is 0.274. The van der Waals surface area contributed by atoms with Gasteiger partial charge in [-0.15, -0.1) is 0 Å². The molecule has 3 heterocycles. The predicted octanol–water partition coefficient (Wildman–Crippen LogP) is 5.30. The molecule has 2 fully saturated rings. The lowest BCUT2D eigenvalue weighted by Gasteiger charge is -2.45. The number of rotatable bonds is 5. The lowest BCUT2D eigenvalue weighted by molar-refractivity contribution is -0.137. The van der Waals surface area contributed by atoms with Crippen LogP contribution in [-0.4, -0.2) is 72.5 Å². The summed E-state index contributed by atoms with van der Waals surface area (Å²) in [4.78, 5) is 29.8. The number of carbonyl (C=O) groups excluding carboxylic acids is 1. The van der Waals surface area contributed by atoms with Crippen molar-refractivity contribution in [3.05, 3.63) is 47.3 Å². The van der Waals surface area contributed by atoms with Crippen molar-refractivity contribution in [1.82, 2.24) is 19.6 Å². The van der Waals surface area contributed by atoms with Crippen molar-refractivity contribution in [2.45, 2.75) is 67.9 Å². The highest BCUT2D eigenvalue weighted by atomic mass is 127. The molecule has 8 nitrogen and oxygen atoms in total. The van der Waals surface area contributed by atoms with Gasteiger partial charge in [-0.25, -0.2) is 9.59 Å². The normalized spacial score (nSPS) is 22.1. The van der Waals surface area contributed by atoms with E-state index >= 15 is 0 Å². The number of piperidine rings is 1. The van der Waals surface area contributed by atoms with Crippen LogP contribution in [-0.2, 0) is 12.7 Å². The number of carbonyl (C=O) groups is 2. The highest BCUT2D eigenvalue weighted by Crippen LogP contribution is 2.40. The van der Waals surface area contributed by atoms with E-state index in [-0.39, 0.29) is 27.4 Å². The van der Waals surface area contributed by atoms with Crippen molar-refractivity contribution in [3.63, 3.8) is 0 Å². The van der Waals surface area contributed by atoms with E-state index in [1.807, 2.05) is 7.05 Å². The van der Waals surface area contributed by atoms with Crippen LogP contribution in [0.2, 0.25) is 0 Å². The number of hydrogen-bond acceptors (Lipinski definition) is 5. The first-order chi connectivity index (χ1) is 17.3. The SMILES string of the molecule is C[C@@H]1CC[C@@H](I)N1c1cc(C(F)(F)F)ccc1CN(C)C1(C)CCN(C(=O)n2ccc(C(=O)O)n2)CC1. The van der Waals surface area contributed by atoms with Crippen molar-refractivity contribution >= 4 is 40.3 Å². The Bertz CT molecular complexity index is 1150. The van der Waals surface area contributed by atoms with Crippen LogP contribution < -0.4 is 4.90 Å². The van der Waals surface area contributed by atoms with Gasteiger partial charge in [-0.05, 0) is 70.3 Å². The summed E-state index contributed by atoms with van der Waals surface area (Å²) in [5, 5.41) is 12.9. The number of aromatic nitrogens is 2. The van der Waals surface area contributed by atoms with Crippen LogP contribution in [0.4, 0.5) is 23.7 Å². The van der Waals surface area contributed by atoms with Gasteiger partial charge < -0.3 is 14.9 Å². The number of amides is 1. The largest absolute Gasteiger partial charge is 0.476 e. The van der Waals surface area contributed by atoms with Gasteiger partial charge in [0.2, 0.25) is 0 Å². The number of hydrogen-bond donors (Lipinski definition) is 1. The molecule has 37 heavy (non-hydrogen) atoms. The van der Waals surface area contributed by atoms with Crippen LogP contribution in [0, 0.1) is 0 Å². The van der Waals surface area contributed by atoms with Gasteiger partial charge >= 0.3 is 18.2 Å². The zero-order valence-electron chi connectivity index (χ0n) is 21.0. The summed E-state index contributed by atoms with van der Waals surface area (Å²) >= 11 is 2.31. The lowest BCUT2D eigenvalue weighted by Crippen LogP contribution is -2.53. The lowest BCUT2D eigenvalue weighted by atomic mass is 9.87. The van der Waals surface area contributed by atoms with Crippen molar-refractivity contribution in [2.75, 3.05) is 25.0 Å². The molecule has 12 heteroatoms. The van der Waals surface area contributed by atoms with E-state index in [4.69, 9.17) is 5.11 Å². The van der Waals surface area contributed by atoms with Gasteiger partial charge in [-0.1, -0.05) is 28.7 Å². The number of carboxylic acids is 1. The first-order valence-corrected chi connectivity index (χ1v) is 13.5. The average molecular weight is 633 g/mol. The fraction of sp³-hybridized carbons (Fsp3) is 0.560. The molecule has 1 N–H and O–H groups in total. The van der Waals surface area contributed by atoms with Crippen LogP contribution in [0.3, 0.4) is 0 Å². The number of anilines is 1. The second-order valence-corrected chi connectivity index (χ2v) is 11.6. The number of alkyl halides is 4. The van der Waals surface area contributed by atoms with Gasteiger partial charge in [0.15, 0.2) is 5.69 Å². The standard InChI is InChI=1S/C25H31F3IN5O3/c1-16-4-7-21(29)34(16)20-14-18(25(26,27)28)6-5-17(20)15-31(3)24(2)9-12-32(13-10-24)23(37)33-11-8-19(30-33)22(35)36/h5-6,8,11,14,16,21H,4,7,9-10,12-13,15H2,1-3H3,(H,35,36)/t16-,21+/m1/s1. The molecule has 0 saturated carbocycles. The third-order valence-electron chi connectivity index (χ3n) is 7.73. The van der Waals surface area contributed by atoms with Gasteiger partial charge in [0, 0.05) is 43.1 Å². The third-order valence-corrected chi connectivity index (χ3v) is 8.96. The summed E-state index contributed by atoms with van der Waals surface area (Å²) in [6.45, 7) is 5.56. The van der Waals surface area contributed by atoms with Gasteiger partial charge in [-0.2, -0.15) is 23.0 Å². The summed E-state index contributed by atoms with van der Waals surface area (Å²) in [6, 6.07) is 5.11. The van der Waals surface area contributed by atoms with Gasteiger partial charge in [0.05, 0.1) is 9.61 Å². The van der Waals surface area contributed by atoms with E-state index in [1.165, 1.54) is 18.3 Å². The molecule has 2 aromatic rings. The number of nitrogens with zero attached hydrogens (tertiary/aromatic N) is 5. The van der Waals surface area contributed by atoms with E-state index in [1.54, 1.807) is 11.0 Å². The van der Waals surface area contributed by atoms with Gasteiger partial charge in [0.1, 0.15) is 0 Å². The smallest absolute Gasteiger partial charge is 0.416 e. The summed E-state index contributed by atoms with van der Waals surface area (Å²) < 4.78 is 41.9. The summed E-state index contributed by atoms with van der Waals surface area (Å²) in [7, 11) is 1.97. The fourth-order valence-corrected chi connectivity index (χ4v) is 6.34. The molecule has 0 aliphatic carbocycles. The number of likely N-dealkylation sites (tertiary alicyclic amines) is 1. The van der Waals surface area contributed by atoms with Crippen LogP contribution in [0.5, 0.6) is 0 Å². The molecule has 0 unspecified atom stereocenters. The number of carboxylic acid groups (broad SMARTS) is 1.